The molecule has 2 nitrogen and oxygen atoms in total. The second-order valence-corrected chi connectivity index (χ2v) is 2.83. The summed E-state index contributed by atoms with van der Waals surface area (Å²) in [5.74, 6) is 0.365. The van der Waals surface area contributed by atoms with Gasteiger partial charge in [0.25, 0.3) is 0 Å². The first-order chi connectivity index (χ1) is 3.65. The van der Waals surface area contributed by atoms with Gasteiger partial charge in [0.1, 0.15) is 0 Å². The van der Waals surface area contributed by atoms with Gasteiger partial charge >= 0.3 is 0 Å². The molecule has 0 unspecified atom stereocenters. The highest BCUT2D eigenvalue weighted by atomic mass is 14.8. The van der Waals surface area contributed by atoms with E-state index in [1.165, 1.54) is 6.42 Å². The summed E-state index contributed by atoms with van der Waals surface area (Å²) in [5, 5.41) is 7.13. The maximum atomic E-state index is 7.13. The van der Waals surface area contributed by atoms with E-state index in [9.17, 15) is 0 Å². The number of amidine groups is 1. The van der Waals surface area contributed by atoms with Crippen LogP contribution >= 0.6 is 0 Å². The highest BCUT2D eigenvalue weighted by molar-refractivity contribution is 5.83. The molecule has 0 bridgehead atoms. The maximum absolute atomic E-state index is 7.13. The van der Waals surface area contributed by atoms with E-state index in [1.54, 1.807) is 0 Å². The van der Waals surface area contributed by atoms with Gasteiger partial charge in [-0.25, -0.2) is 0 Å². The lowest BCUT2D eigenvalue weighted by Crippen LogP contribution is -2.39. The minimum absolute atomic E-state index is 0.0833. The predicted molar refractivity (Wildman–Crippen MR) is 33.9 cm³/mol. The number of hydrogen-bond donors (Lipinski definition) is 2. The third-order valence-corrected chi connectivity index (χ3v) is 2.11. The molecule has 0 amide bonds. The molecule has 0 spiro atoms. The SMILES string of the molecule is CC1(C(=N)N)CCC1. The molecule has 0 atom stereocenters. The summed E-state index contributed by atoms with van der Waals surface area (Å²) >= 11 is 0. The Bertz CT molecular complexity index is 114. The van der Waals surface area contributed by atoms with Gasteiger partial charge in [-0.2, -0.15) is 0 Å². The van der Waals surface area contributed by atoms with Crippen molar-refractivity contribution in [1.82, 2.24) is 0 Å². The molecule has 2 heteroatoms. The summed E-state index contributed by atoms with van der Waals surface area (Å²) in [6.07, 6.45) is 3.47. The maximum Gasteiger partial charge on any atom is 0.0965 e. The number of nitrogens with one attached hydrogen (secondary N) is 1. The van der Waals surface area contributed by atoms with Crippen LogP contribution in [0.5, 0.6) is 0 Å². The van der Waals surface area contributed by atoms with Crippen LogP contribution in [0, 0.1) is 10.8 Å². The second-order valence-electron chi connectivity index (χ2n) is 2.83. The van der Waals surface area contributed by atoms with E-state index in [0.717, 1.165) is 12.8 Å². The lowest BCUT2D eigenvalue weighted by Gasteiger charge is -2.36. The second kappa shape index (κ2) is 1.47. The minimum Gasteiger partial charge on any atom is -0.387 e. The quantitative estimate of drug-likeness (QED) is 0.387. The average molecular weight is 112 g/mol. The molecule has 3 N–H and O–H groups in total. The van der Waals surface area contributed by atoms with Crippen molar-refractivity contribution < 1.29 is 0 Å². The van der Waals surface area contributed by atoms with E-state index in [2.05, 4.69) is 6.92 Å². The summed E-state index contributed by atoms with van der Waals surface area (Å²) in [7, 11) is 0. The topological polar surface area (TPSA) is 49.9 Å². The molecule has 0 aromatic heterocycles. The molecule has 1 aliphatic carbocycles. The van der Waals surface area contributed by atoms with Crippen LogP contribution in [0.25, 0.3) is 0 Å². The number of hydrogen-bond acceptors (Lipinski definition) is 1. The predicted octanol–water partition coefficient (Wildman–Crippen LogP) is 1.11. The van der Waals surface area contributed by atoms with Gasteiger partial charge in [-0.1, -0.05) is 13.3 Å². The molecule has 0 heterocycles. The molecule has 0 aromatic carbocycles. The molecule has 0 aromatic rings. The Morgan fingerprint density at radius 2 is 2.12 bits per heavy atom. The zero-order valence-corrected chi connectivity index (χ0v) is 5.20. The Morgan fingerprint density at radius 1 is 1.62 bits per heavy atom. The molecule has 0 aliphatic heterocycles. The van der Waals surface area contributed by atoms with Crippen molar-refractivity contribution in [2.45, 2.75) is 26.2 Å². The van der Waals surface area contributed by atoms with Gasteiger partial charge in [0.05, 0.1) is 5.84 Å². The van der Waals surface area contributed by atoms with Crippen molar-refractivity contribution in [3.05, 3.63) is 0 Å². The molecule has 1 saturated carbocycles. The Morgan fingerprint density at radius 3 is 2.12 bits per heavy atom. The van der Waals surface area contributed by atoms with Crippen molar-refractivity contribution in [2.24, 2.45) is 11.1 Å². The fourth-order valence-corrected chi connectivity index (χ4v) is 0.976. The average Bonchev–Trinajstić information content (AvgIpc) is 1.60. The fourth-order valence-electron chi connectivity index (χ4n) is 0.976. The van der Waals surface area contributed by atoms with Gasteiger partial charge in [-0.15, -0.1) is 0 Å². The molecule has 1 fully saturated rings. The minimum atomic E-state index is 0.0833. The normalized spacial score (nSPS) is 24.1. The molecular formula is C6H12N2. The summed E-state index contributed by atoms with van der Waals surface area (Å²) < 4.78 is 0. The number of nitrogens with two attached hydrogens (primary N) is 1. The van der Waals surface area contributed by atoms with Gasteiger partial charge in [-0.3, -0.25) is 5.41 Å². The van der Waals surface area contributed by atoms with Crippen LogP contribution in [0.2, 0.25) is 0 Å². The Kier molecular flexibility index (Phi) is 1.03. The standard InChI is InChI=1S/C6H12N2/c1-6(5(7)8)3-2-4-6/h2-4H2,1H3,(H3,7,8). The van der Waals surface area contributed by atoms with Gasteiger partial charge in [0, 0.05) is 5.41 Å². The number of rotatable bonds is 1. The first-order valence-electron chi connectivity index (χ1n) is 3.00. The highest BCUT2D eigenvalue weighted by Gasteiger charge is 2.34. The van der Waals surface area contributed by atoms with Crippen LogP contribution in [-0.2, 0) is 0 Å². The van der Waals surface area contributed by atoms with Crippen LogP contribution < -0.4 is 5.73 Å². The molecule has 8 heavy (non-hydrogen) atoms. The molecule has 1 aliphatic rings. The smallest absolute Gasteiger partial charge is 0.0965 e. The van der Waals surface area contributed by atoms with Gasteiger partial charge in [0.15, 0.2) is 0 Å². The van der Waals surface area contributed by atoms with E-state index in [1.807, 2.05) is 0 Å². The van der Waals surface area contributed by atoms with Crippen molar-refractivity contribution in [1.29, 1.82) is 5.41 Å². The van der Waals surface area contributed by atoms with E-state index >= 15 is 0 Å². The fraction of sp³-hybridized carbons (Fsp3) is 0.833. The van der Waals surface area contributed by atoms with Crippen molar-refractivity contribution in [3.63, 3.8) is 0 Å². The lowest BCUT2D eigenvalue weighted by molar-refractivity contribution is 0.258. The first kappa shape index (κ1) is 5.60. The third-order valence-electron chi connectivity index (χ3n) is 2.11. The van der Waals surface area contributed by atoms with Crippen molar-refractivity contribution in [3.8, 4) is 0 Å². The summed E-state index contributed by atoms with van der Waals surface area (Å²) in [6, 6.07) is 0. The summed E-state index contributed by atoms with van der Waals surface area (Å²) in [5.41, 5.74) is 5.40. The van der Waals surface area contributed by atoms with Crippen molar-refractivity contribution >= 4 is 5.84 Å². The van der Waals surface area contributed by atoms with E-state index in [0.29, 0.717) is 5.84 Å². The van der Waals surface area contributed by atoms with E-state index in [-0.39, 0.29) is 5.41 Å². The van der Waals surface area contributed by atoms with Crippen LogP contribution in [0.15, 0.2) is 0 Å². The van der Waals surface area contributed by atoms with E-state index < -0.39 is 0 Å². The van der Waals surface area contributed by atoms with Crippen molar-refractivity contribution in [2.75, 3.05) is 0 Å². The summed E-state index contributed by atoms with van der Waals surface area (Å²) in [6.45, 7) is 2.05. The lowest BCUT2D eigenvalue weighted by atomic mass is 9.70. The monoisotopic (exact) mass is 112 g/mol. The largest absolute Gasteiger partial charge is 0.387 e. The molecule has 0 saturated heterocycles. The Labute approximate surface area is 49.6 Å². The van der Waals surface area contributed by atoms with Gasteiger partial charge < -0.3 is 5.73 Å². The van der Waals surface area contributed by atoms with E-state index in [4.69, 9.17) is 11.1 Å². The molecule has 1 rings (SSSR count). The van der Waals surface area contributed by atoms with Gasteiger partial charge in [0.2, 0.25) is 0 Å². The molecular weight excluding hydrogens is 100 g/mol. The zero-order chi connectivity index (χ0) is 6.20. The van der Waals surface area contributed by atoms with Crippen LogP contribution in [-0.4, -0.2) is 5.84 Å². The summed E-state index contributed by atoms with van der Waals surface area (Å²) in [4.78, 5) is 0. The Balaban J connectivity index is 2.53. The highest BCUT2D eigenvalue weighted by Crippen LogP contribution is 2.39. The van der Waals surface area contributed by atoms with Crippen LogP contribution in [0.1, 0.15) is 26.2 Å². The van der Waals surface area contributed by atoms with Crippen LogP contribution in [0.3, 0.4) is 0 Å². The van der Waals surface area contributed by atoms with Crippen LogP contribution in [0.4, 0.5) is 0 Å². The first-order valence-corrected chi connectivity index (χ1v) is 3.00. The third kappa shape index (κ3) is 0.602. The van der Waals surface area contributed by atoms with Gasteiger partial charge in [-0.05, 0) is 12.8 Å². The zero-order valence-electron chi connectivity index (χ0n) is 5.20. The molecule has 0 radical (unpaired) electrons. The Hall–Kier alpha value is -0.530. The molecule has 46 valence electrons.